The Morgan fingerprint density at radius 3 is 1.83 bits per heavy atom. The van der Waals surface area contributed by atoms with Gasteiger partial charge in [0.15, 0.2) is 0 Å². The highest BCUT2D eigenvalue weighted by molar-refractivity contribution is 5.76. The van der Waals surface area contributed by atoms with Crippen molar-refractivity contribution in [2.45, 2.75) is 41.0 Å². The van der Waals surface area contributed by atoms with Crippen molar-refractivity contribution in [2.24, 2.45) is 5.10 Å². The fourth-order valence-electron chi connectivity index (χ4n) is 0.175. The third-order valence-corrected chi connectivity index (χ3v) is 0.414. The molecule has 0 aromatic heterocycles. The van der Waals surface area contributed by atoms with Gasteiger partial charge in [-0.2, -0.15) is 5.10 Å². The van der Waals surface area contributed by atoms with Gasteiger partial charge in [-0.3, -0.25) is 0 Å². The average Bonchev–Trinajstić information content (AvgIpc) is 2.06. The summed E-state index contributed by atoms with van der Waals surface area (Å²) in [5, 5.41) is 3.70. The molecule has 0 aromatic rings. The summed E-state index contributed by atoms with van der Waals surface area (Å²) in [6.07, 6.45) is 2.92. The Morgan fingerprint density at radius 2 is 1.75 bits per heavy atom. The molecular formula is C10H24N2. The molecule has 74 valence electrons. The molecule has 0 fully saturated rings. The van der Waals surface area contributed by atoms with Gasteiger partial charge in [0.05, 0.1) is 0 Å². The molecule has 0 aromatic carbocycles. The molecule has 0 bridgehead atoms. The fourth-order valence-corrected chi connectivity index (χ4v) is 0.175. The lowest BCUT2D eigenvalue weighted by atomic mass is 10.4. The molecule has 0 spiro atoms. The topological polar surface area (TPSA) is 24.4 Å². The minimum absolute atomic E-state index is 0.953. The maximum atomic E-state index is 3.70. The van der Waals surface area contributed by atoms with Gasteiger partial charge in [-0.25, -0.2) is 0 Å². The molecule has 0 saturated carbocycles. The predicted molar refractivity (Wildman–Crippen MR) is 59.7 cm³/mol. The van der Waals surface area contributed by atoms with Crippen molar-refractivity contribution in [1.29, 1.82) is 0 Å². The Balaban J connectivity index is -0.000000137. The molecule has 2 nitrogen and oxygen atoms in total. The van der Waals surface area contributed by atoms with Gasteiger partial charge in [-0.1, -0.05) is 40.7 Å². The molecule has 0 atom stereocenters. The van der Waals surface area contributed by atoms with E-state index in [4.69, 9.17) is 0 Å². The van der Waals surface area contributed by atoms with Crippen molar-refractivity contribution in [3.8, 4) is 0 Å². The van der Waals surface area contributed by atoms with Crippen molar-refractivity contribution >= 4 is 6.21 Å². The van der Waals surface area contributed by atoms with E-state index in [1.807, 2.05) is 20.8 Å². The third kappa shape index (κ3) is 60.2. The van der Waals surface area contributed by atoms with E-state index >= 15 is 0 Å². The molecule has 0 saturated heterocycles. The van der Waals surface area contributed by atoms with Gasteiger partial charge in [-0.05, 0) is 12.5 Å². The predicted octanol–water partition coefficient (Wildman–Crippen LogP) is 3.21. The lowest BCUT2D eigenvalue weighted by Gasteiger charge is -1.83. The molecule has 1 N–H and O–H groups in total. The Kier molecular flexibility index (Phi) is 32.4. The fraction of sp³-hybridized carbons (Fsp3) is 0.700. The van der Waals surface area contributed by atoms with Crippen molar-refractivity contribution in [3.05, 3.63) is 12.2 Å². The Bertz CT molecular complexity index is 96.0. The highest BCUT2D eigenvalue weighted by Crippen LogP contribution is 1.75. The zero-order valence-electron chi connectivity index (χ0n) is 9.44. The summed E-state index contributed by atoms with van der Waals surface area (Å²) in [5.74, 6) is 0. The van der Waals surface area contributed by atoms with Crippen LogP contribution in [0.5, 0.6) is 0 Å². The first-order valence-corrected chi connectivity index (χ1v) is 4.54. The minimum atomic E-state index is 0.953. The Hall–Kier alpha value is -0.790. The van der Waals surface area contributed by atoms with E-state index in [2.05, 4.69) is 31.0 Å². The summed E-state index contributed by atoms with van der Waals surface area (Å²) in [4.78, 5) is 0. The molecule has 0 aliphatic heterocycles. The number of hydrazone groups is 1. The Labute approximate surface area is 77.8 Å². The summed E-state index contributed by atoms with van der Waals surface area (Å²) >= 11 is 0. The normalized spacial score (nSPS) is 7.50. The second-order valence-corrected chi connectivity index (χ2v) is 2.04. The number of hydrogen-bond donors (Lipinski definition) is 1. The molecule has 0 amide bonds. The smallest absolute Gasteiger partial charge is 0.0491 e. The number of rotatable bonds is 2. The van der Waals surface area contributed by atoms with E-state index < -0.39 is 0 Å². The largest absolute Gasteiger partial charge is 0.313 e. The van der Waals surface area contributed by atoms with Crippen LogP contribution in [0.2, 0.25) is 0 Å². The quantitative estimate of drug-likeness (QED) is 0.502. The van der Waals surface area contributed by atoms with Crippen LogP contribution in [0.4, 0.5) is 0 Å². The molecule has 0 unspecified atom stereocenters. The van der Waals surface area contributed by atoms with E-state index in [1.165, 1.54) is 6.42 Å². The van der Waals surface area contributed by atoms with Gasteiger partial charge in [0.1, 0.15) is 0 Å². The van der Waals surface area contributed by atoms with Gasteiger partial charge in [0, 0.05) is 13.3 Å². The second-order valence-electron chi connectivity index (χ2n) is 2.04. The van der Waals surface area contributed by atoms with Crippen LogP contribution in [-0.2, 0) is 0 Å². The van der Waals surface area contributed by atoms with E-state index in [1.54, 1.807) is 13.3 Å². The van der Waals surface area contributed by atoms with Gasteiger partial charge in [-0.15, -0.1) is 0 Å². The Morgan fingerprint density at radius 1 is 1.42 bits per heavy atom. The third-order valence-electron chi connectivity index (χ3n) is 0.414. The summed E-state index contributed by atoms with van der Waals surface area (Å²) < 4.78 is 0. The molecule has 2 heteroatoms. The first-order valence-electron chi connectivity index (χ1n) is 4.54. The van der Waals surface area contributed by atoms with Crippen LogP contribution < -0.4 is 5.43 Å². The van der Waals surface area contributed by atoms with Crippen molar-refractivity contribution in [3.63, 3.8) is 0 Å². The van der Waals surface area contributed by atoms with Crippen molar-refractivity contribution in [2.75, 3.05) is 7.05 Å². The standard InChI is InChI=1S/C5H10N2.C3H8.C2H6/c1-5(2)4-7-6-3;1-3-2;1-2/h4,6H,1H2,2-3H3;3H2,1-2H3;1-2H3/b7-4-;;. The summed E-state index contributed by atoms with van der Waals surface area (Å²) in [6, 6.07) is 0. The lowest BCUT2D eigenvalue weighted by molar-refractivity contribution is 0.907. The van der Waals surface area contributed by atoms with Crippen molar-refractivity contribution in [1.82, 2.24) is 5.43 Å². The van der Waals surface area contributed by atoms with Crippen LogP contribution in [0, 0.1) is 0 Å². The van der Waals surface area contributed by atoms with Gasteiger partial charge in [0.25, 0.3) is 0 Å². The summed E-state index contributed by atoms with van der Waals surface area (Å²) in [5.41, 5.74) is 3.56. The molecule has 0 aliphatic rings. The van der Waals surface area contributed by atoms with Gasteiger partial charge in [0.2, 0.25) is 0 Å². The number of hydrogen-bond acceptors (Lipinski definition) is 2. The first-order chi connectivity index (χ1) is 5.68. The summed E-state index contributed by atoms with van der Waals surface area (Å²) in [7, 11) is 1.75. The summed E-state index contributed by atoms with van der Waals surface area (Å²) in [6.45, 7) is 13.7. The van der Waals surface area contributed by atoms with Crippen LogP contribution in [-0.4, -0.2) is 13.3 Å². The molecule has 0 rings (SSSR count). The van der Waals surface area contributed by atoms with Crippen LogP contribution in [0.1, 0.15) is 41.0 Å². The van der Waals surface area contributed by atoms with Gasteiger partial charge >= 0.3 is 0 Å². The van der Waals surface area contributed by atoms with Gasteiger partial charge < -0.3 is 5.43 Å². The van der Waals surface area contributed by atoms with Crippen LogP contribution in [0.25, 0.3) is 0 Å². The number of allylic oxidation sites excluding steroid dienone is 1. The zero-order chi connectivity index (χ0) is 10.4. The van der Waals surface area contributed by atoms with Crippen LogP contribution in [0.15, 0.2) is 17.3 Å². The maximum absolute atomic E-state index is 3.70. The van der Waals surface area contributed by atoms with Crippen LogP contribution in [0.3, 0.4) is 0 Å². The monoisotopic (exact) mass is 172 g/mol. The SMILES string of the molecule is C=C(C)/C=N\NC.CC.CCC. The second kappa shape index (κ2) is 22.5. The highest BCUT2D eigenvalue weighted by atomic mass is 15.3. The number of nitrogens with zero attached hydrogens (tertiary/aromatic N) is 1. The number of nitrogens with one attached hydrogen (secondary N) is 1. The highest BCUT2D eigenvalue weighted by Gasteiger charge is 1.68. The first kappa shape index (κ1) is 17.3. The van der Waals surface area contributed by atoms with E-state index in [9.17, 15) is 0 Å². The molecular weight excluding hydrogens is 148 g/mol. The maximum Gasteiger partial charge on any atom is 0.0491 e. The minimum Gasteiger partial charge on any atom is -0.313 e. The molecule has 0 radical (unpaired) electrons. The van der Waals surface area contributed by atoms with E-state index in [-0.39, 0.29) is 0 Å². The molecule has 0 aliphatic carbocycles. The lowest BCUT2D eigenvalue weighted by Crippen LogP contribution is -1.93. The van der Waals surface area contributed by atoms with E-state index in [0.717, 1.165) is 5.57 Å². The van der Waals surface area contributed by atoms with Crippen molar-refractivity contribution < 1.29 is 0 Å². The van der Waals surface area contributed by atoms with Crippen LogP contribution >= 0.6 is 0 Å². The zero-order valence-corrected chi connectivity index (χ0v) is 9.44. The average molecular weight is 172 g/mol. The van der Waals surface area contributed by atoms with E-state index in [0.29, 0.717) is 0 Å². The molecule has 0 heterocycles. The molecule has 12 heavy (non-hydrogen) atoms.